The van der Waals surface area contributed by atoms with Crippen LogP contribution in [0.2, 0.25) is 0 Å². The smallest absolute Gasteiger partial charge is 0.407 e. The fourth-order valence-electron chi connectivity index (χ4n) is 4.21. The number of carbonyl (C=O) groups excluding carboxylic acids is 2. The molecule has 3 atom stereocenters. The maximum atomic E-state index is 13.3. The van der Waals surface area contributed by atoms with E-state index in [2.05, 4.69) is 15.7 Å². The molecule has 0 bridgehead atoms. The first-order valence-corrected chi connectivity index (χ1v) is 13.1. The van der Waals surface area contributed by atoms with E-state index in [1.165, 1.54) is 7.11 Å². The molecule has 2 aromatic carbocycles. The lowest BCUT2D eigenvalue weighted by Gasteiger charge is -2.30. The van der Waals surface area contributed by atoms with Crippen molar-refractivity contribution < 1.29 is 19.4 Å². The van der Waals surface area contributed by atoms with Crippen molar-refractivity contribution in [1.82, 2.24) is 20.7 Å². The van der Waals surface area contributed by atoms with Gasteiger partial charge in [-0.3, -0.25) is 15.2 Å². The summed E-state index contributed by atoms with van der Waals surface area (Å²) in [6.45, 7) is 4.34. The van der Waals surface area contributed by atoms with Crippen molar-refractivity contribution in [1.29, 1.82) is 0 Å². The maximum absolute atomic E-state index is 13.3. The summed E-state index contributed by atoms with van der Waals surface area (Å²) in [6.07, 6.45) is 1.05. The molecule has 208 valence electrons. The molecular formula is C30H39N5O4. The zero-order valence-electron chi connectivity index (χ0n) is 22.8. The highest BCUT2D eigenvalue weighted by Gasteiger charge is 2.26. The van der Waals surface area contributed by atoms with Crippen molar-refractivity contribution in [2.45, 2.75) is 51.4 Å². The van der Waals surface area contributed by atoms with Gasteiger partial charge in [0.25, 0.3) is 5.91 Å². The van der Waals surface area contributed by atoms with Crippen molar-refractivity contribution in [2.24, 2.45) is 11.7 Å². The van der Waals surface area contributed by atoms with Crippen LogP contribution in [0.1, 0.15) is 31.4 Å². The van der Waals surface area contributed by atoms with E-state index in [1.807, 2.05) is 86.6 Å². The Kier molecular flexibility index (Phi) is 11.4. The number of hydrogen-bond acceptors (Lipinski definition) is 7. The van der Waals surface area contributed by atoms with Gasteiger partial charge in [-0.2, -0.15) is 0 Å². The minimum absolute atomic E-state index is 0.0916. The van der Waals surface area contributed by atoms with Crippen molar-refractivity contribution in [3.63, 3.8) is 0 Å². The molecule has 0 unspecified atom stereocenters. The molecule has 0 aliphatic rings. The van der Waals surface area contributed by atoms with E-state index >= 15 is 0 Å². The van der Waals surface area contributed by atoms with Crippen molar-refractivity contribution in [2.75, 3.05) is 13.7 Å². The summed E-state index contributed by atoms with van der Waals surface area (Å²) >= 11 is 0. The fourth-order valence-corrected chi connectivity index (χ4v) is 4.21. The van der Waals surface area contributed by atoms with E-state index in [9.17, 15) is 14.7 Å². The van der Waals surface area contributed by atoms with Crippen LogP contribution >= 0.6 is 0 Å². The number of benzene rings is 2. The Hall–Kier alpha value is -3.79. The predicted molar refractivity (Wildman–Crippen MR) is 151 cm³/mol. The molecule has 2 amide bonds. The van der Waals surface area contributed by atoms with Crippen LogP contribution in [-0.4, -0.2) is 58.9 Å². The summed E-state index contributed by atoms with van der Waals surface area (Å²) in [7, 11) is 1.26. The molecule has 39 heavy (non-hydrogen) atoms. The van der Waals surface area contributed by atoms with E-state index in [1.54, 1.807) is 11.2 Å². The van der Waals surface area contributed by atoms with Gasteiger partial charge in [0.05, 0.1) is 18.9 Å². The predicted octanol–water partition coefficient (Wildman–Crippen LogP) is 3.28. The third kappa shape index (κ3) is 9.79. The first-order valence-electron chi connectivity index (χ1n) is 13.1. The third-order valence-electron chi connectivity index (χ3n) is 6.27. The minimum atomic E-state index is -0.921. The second-order valence-corrected chi connectivity index (χ2v) is 10.0. The number of amides is 2. The number of pyridine rings is 1. The number of nitrogens with two attached hydrogens (primary N) is 1. The Bertz CT molecular complexity index is 1160. The Morgan fingerprint density at radius 2 is 1.69 bits per heavy atom. The lowest BCUT2D eigenvalue weighted by atomic mass is 10.0. The van der Waals surface area contributed by atoms with Gasteiger partial charge in [-0.15, -0.1) is 0 Å². The average Bonchev–Trinajstić information content (AvgIpc) is 2.93. The maximum Gasteiger partial charge on any atom is 0.407 e. The molecule has 5 N–H and O–H groups in total. The van der Waals surface area contributed by atoms with E-state index in [-0.39, 0.29) is 12.5 Å². The molecule has 1 aromatic heterocycles. The summed E-state index contributed by atoms with van der Waals surface area (Å²) in [6, 6.07) is 22.0. The summed E-state index contributed by atoms with van der Waals surface area (Å²) in [5.74, 6) is -0.251. The van der Waals surface area contributed by atoms with Crippen molar-refractivity contribution >= 4 is 12.0 Å². The van der Waals surface area contributed by atoms with E-state index < -0.39 is 30.2 Å². The first kappa shape index (κ1) is 29.8. The minimum Gasteiger partial charge on any atom is -0.453 e. The SMILES string of the molecule is COC(=O)N[C@@H](CC(C)C)C(=O)NN(Cc1ccc(-c2ccccn2)cc1)C[C@H](O)[C@@H](N)Cc1ccccc1. The molecule has 0 saturated carbocycles. The summed E-state index contributed by atoms with van der Waals surface area (Å²) in [5.41, 5.74) is 13.0. The fraction of sp³-hybridized carbons (Fsp3) is 0.367. The number of aromatic nitrogens is 1. The van der Waals surface area contributed by atoms with Gasteiger partial charge in [0, 0.05) is 30.9 Å². The van der Waals surface area contributed by atoms with E-state index in [4.69, 9.17) is 10.5 Å². The molecule has 0 aliphatic heterocycles. The molecule has 0 saturated heterocycles. The van der Waals surface area contributed by atoms with Crippen LogP contribution in [0.25, 0.3) is 11.3 Å². The number of alkyl carbamates (subject to hydrolysis) is 1. The zero-order valence-corrected chi connectivity index (χ0v) is 22.8. The zero-order chi connectivity index (χ0) is 28.2. The number of rotatable bonds is 13. The second kappa shape index (κ2) is 15.0. The number of carbonyl (C=O) groups is 2. The van der Waals surface area contributed by atoms with Crippen LogP contribution in [0, 0.1) is 5.92 Å². The van der Waals surface area contributed by atoms with Crippen molar-refractivity contribution in [3.8, 4) is 11.3 Å². The van der Waals surface area contributed by atoms with Gasteiger partial charge < -0.3 is 20.9 Å². The molecule has 0 radical (unpaired) electrons. The van der Waals surface area contributed by atoms with Crippen molar-refractivity contribution in [3.05, 3.63) is 90.1 Å². The second-order valence-electron chi connectivity index (χ2n) is 10.0. The molecular weight excluding hydrogens is 494 g/mol. The van der Waals surface area contributed by atoms with E-state index in [0.717, 1.165) is 22.4 Å². The van der Waals surface area contributed by atoms with Gasteiger partial charge >= 0.3 is 6.09 Å². The third-order valence-corrected chi connectivity index (χ3v) is 6.27. The first-order chi connectivity index (χ1) is 18.7. The van der Waals surface area contributed by atoms with Gasteiger partial charge in [-0.25, -0.2) is 9.80 Å². The lowest BCUT2D eigenvalue weighted by Crippen LogP contribution is -2.55. The van der Waals surface area contributed by atoms with Gasteiger partial charge in [0.1, 0.15) is 6.04 Å². The van der Waals surface area contributed by atoms with Gasteiger partial charge in [-0.05, 0) is 42.0 Å². The molecule has 0 aliphatic carbocycles. The summed E-state index contributed by atoms with van der Waals surface area (Å²) in [4.78, 5) is 29.5. The van der Waals surface area contributed by atoms with Crippen LogP contribution in [0.4, 0.5) is 4.79 Å². The quantitative estimate of drug-likeness (QED) is 0.248. The normalized spacial score (nSPS) is 13.5. The number of hydrazine groups is 1. The molecule has 0 fully saturated rings. The highest BCUT2D eigenvalue weighted by molar-refractivity contribution is 5.85. The van der Waals surface area contributed by atoms with Gasteiger partial charge in [0.2, 0.25) is 0 Å². The number of methoxy groups -OCH3 is 1. The summed E-state index contributed by atoms with van der Waals surface area (Å²) in [5, 5.41) is 15.2. The number of ether oxygens (including phenoxy) is 1. The largest absolute Gasteiger partial charge is 0.453 e. The van der Waals surface area contributed by atoms with E-state index in [0.29, 0.717) is 19.4 Å². The molecule has 3 rings (SSSR count). The summed E-state index contributed by atoms with van der Waals surface area (Å²) < 4.78 is 4.71. The van der Waals surface area contributed by atoms with Gasteiger partial charge in [0.15, 0.2) is 0 Å². The Morgan fingerprint density at radius 1 is 1.00 bits per heavy atom. The van der Waals surface area contributed by atoms with Crippen LogP contribution in [0.3, 0.4) is 0 Å². The molecule has 9 nitrogen and oxygen atoms in total. The number of aliphatic hydroxyl groups is 1. The Labute approximate surface area is 230 Å². The average molecular weight is 534 g/mol. The molecule has 3 aromatic rings. The molecule has 1 heterocycles. The van der Waals surface area contributed by atoms with Crippen LogP contribution in [-0.2, 0) is 22.5 Å². The Balaban J connectivity index is 1.76. The monoisotopic (exact) mass is 533 g/mol. The lowest BCUT2D eigenvalue weighted by molar-refractivity contribution is -0.129. The molecule has 0 spiro atoms. The van der Waals surface area contributed by atoms with Crippen LogP contribution in [0.15, 0.2) is 79.0 Å². The topological polar surface area (TPSA) is 130 Å². The number of nitrogens with zero attached hydrogens (tertiary/aromatic N) is 2. The van der Waals surface area contributed by atoms with Crippen LogP contribution in [0.5, 0.6) is 0 Å². The highest BCUT2D eigenvalue weighted by atomic mass is 16.5. The number of nitrogens with one attached hydrogen (secondary N) is 2. The number of hydrogen-bond donors (Lipinski definition) is 4. The Morgan fingerprint density at radius 3 is 2.31 bits per heavy atom. The standard InChI is InChI=1S/C30H39N5O4/c1-21(2)17-27(33-30(38)39-3)29(37)34-35(20-28(36)25(31)18-22-9-5-4-6-10-22)19-23-12-14-24(15-13-23)26-11-7-8-16-32-26/h4-16,21,25,27-28,36H,17-20,31H2,1-3H3,(H,33,38)(H,34,37)/t25-,27-,28-/m0/s1. The van der Waals surface area contributed by atoms with Gasteiger partial charge in [-0.1, -0.05) is 74.5 Å². The molecule has 9 heteroatoms. The number of aliphatic hydroxyl groups excluding tert-OH is 1. The van der Waals surface area contributed by atoms with Crippen LogP contribution < -0.4 is 16.5 Å². The highest BCUT2D eigenvalue weighted by Crippen LogP contribution is 2.18.